The van der Waals surface area contributed by atoms with Gasteiger partial charge in [-0.2, -0.15) is 0 Å². The lowest BCUT2D eigenvalue weighted by Crippen LogP contribution is -2.33. The lowest BCUT2D eigenvalue weighted by atomic mass is 11.1. The van der Waals surface area contributed by atoms with Crippen molar-refractivity contribution in [3.05, 3.63) is 15.0 Å². The number of hydrogen-bond donors (Lipinski definition) is 3. The van der Waals surface area contributed by atoms with Crippen LogP contribution in [0.3, 0.4) is 0 Å². The van der Waals surface area contributed by atoms with Gasteiger partial charge >= 0.3 is 5.96 Å². The van der Waals surface area contributed by atoms with Crippen LogP contribution in [0.15, 0.2) is 10.4 Å². The molecule has 0 saturated heterocycles. The third-order valence-corrected chi connectivity index (χ3v) is 0.440. The summed E-state index contributed by atoms with van der Waals surface area (Å²) in [5.41, 5.74) is 7.88. The third-order valence-electron chi connectivity index (χ3n) is 0.440. The van der Waals surface area contributed by atoms with Crippen molar-refractivity contribution >= 4 is 5.96 Å². The van der Waals surface area contributed by atoms with E-state index < -0.39 is 11.0 Å². The number of hydrazine groups is 1. The van der Waals surface area contributed by atoms with E-state index in [0.717, 1.165) is 0 Å². The number of nitrogens with two attached hydrogens (primary N) is 1. The highest BCUT2D eigenvalue weighted by molar-refractivity contribution is 5.76. The van der Waals surface area contributed by atoms with Gasteiger partial charge in [-0.25, -0.2) is 4.94 Å². The van der Waals surface area contributed by atoms with Gasteiger partial charge in [0, 0.05) is 0 Å². The van der Waals surface area contributed by atoms with Gasteiger partial charge < -0.3 is 15.8 Å². The summed E-state index contributed by atoms with van der Waals surface area (Å²) in [5.74, 6) is -0.499. The Kier molecular flexibility index (Phi) is 3.81. The smallest absolute Gasteiger partial charge is 0.344 e. The van der Waals surface area contributed by atoms with E-state index in [0.29, 0.717) is 0 Å². The van der Waals surface area contributed by atoms with E-state index in [1.54, 1.807) is 5.48 Å². The Hall–Kier alpha value is -2.13. The fraction of sp³-hybridized carbons (Fsp3) is 0. The molecule has 11 heavy (non-hydrogen) atoms. The molecule has 0 atom stereocenters. The molecule has 0 radical (unpaired) electrons. The van der Waals surface area contributed by atoms with Crippen LogP contribution >= 0.6 is 0 Å². The minimum Gasteiger partial charge on any atom is -0.344 e. The Bertz CT molecular complexity index is 175. The zero-order valence-corrected chi connectivity index (χ0v) is 5.05. The maximum Gasteiger partial charge on any atom is 0.370 e. The van der Waals surface area contributed by atoms with Crippen molar-refractivity contribution in [2.45, 2.75) is 0 Å². The first kappa shape index (κ1) is 8.87. The molecule has 0 fully saturated rings. The van der Waals surface area contributed by atoms with Crippen LogP contribution in [-0.4, -0.2) is 11.0 Å². The molecule has 62 valence electrons. The van der Waals surface area contributed by atoms with Crippen molar-refractivity contribution in [3.63, 3.8) is 0 Å². The fourth-order valence-corrected chi connectivity index (χ4v) is 0.183. The standard InChI is InChI=1S/CH4N6O4/c2-1(4-11-6-8)3-5-7(9)10/h5H,(H3,2,3,4). The zero-order valence-electron chi connectivity index (χ0n) is 5.05. The number of hydrogen-bond acceptors (Lipinski definition) is 6. The van der Waals surface area contributed by atoms with Gasteiger partial charge in [-0.3, -0.25) is 0 Å². The minimum atomic E-state index is -0.955. The van der Waals surface area contributed by atoms with Gasteiger partial charge in [0.25, 0.3) is 0 Å². The molecule has 4 N–H and O–H groups in total. The number of nitro groups is 1. The first-order chi connectivity index (χ1) is 5.16. The Balaban J connectivity index is 3.62. The summed E-state index contributed by atoms with van der Waals surface area (Å²) in [7, 11) is 0. The summed E-state index contributed by atoms with van der Waals surface area (Å²) in [5, 5.41) is 13.4. The maximum absolute atomic E-state index is 9.56. The molecule has 0 saturated carbocycles. The predicted molar refractivity (Wildman–Crippen MR) is 31.8 cm³/mol. The van der Waals surface area contributed by atoms with E-state index in [1.165, 1.54) is 5.53 Å². The molecule has 10 heteroatoms. The Morgan fingerprint density at radius 3 is 2.82 bits per heavy atom. The first-order valence-corrected chi connectivity index (χ1v) is 2.14. The average Bonchev–Trinajstić information content (AvgIpc) is 1.97. The number of hydroxylamine groups is 1. The SMILES string of the molecule is NC(=NN[N+](=O)[O-])NON=O. The van der Waals surface area contributed by atoms with Gasteiger partial charge in [-0.1, -0.05) is 0 Å². The molecular formula is CH4N6O4. The largest absolute Gasteiger partial charge is 0.370 e. The summed E-state index contributed by atoms with van der Waals surface area (Å²) in [4.78, 5) is 22.4. The van der Waals surface area contributed by atoms with Crippen LogP contribution in [-0.2, 0) is 4.94 Å². The lowest BCUT2D eigenvalue weighted by Gasteiger charge is -1.92. The van der Waals surface area contributed by atoms with Gasteiger partial charge in [0.2, 0.25) is 0 Å². The first-order valence-electron chi connectivity index (χ1n) is 2.14. The lowest BCUT2D eigenvalue weighted by molar-refractivity contribution is -0.545. The van der Waals surface area contributed by atoms with Crippen LogP contribution < -0.4 is 16.7 Å². The molecule has 0 bridgehead atoms. The summed E-state index contributed by atoms with van der Waals surface area (Å²) >= 11 is 0. The zero-order chi connectivity index (χ0) is 8.69. The molecule has 0 aliphatic heterocycles. The van der Waals surface area contributed by atoms with Crippen LogP contribution in [0.25, 0.3) is 0 Å². The van der Waals surface area contributed by atoms with Gasteiger partial charge in [0.15, 0.2) is 5.34 Å². The monoisotopic (exact) mass is 164 g/mol. The second kappa shape index (κ2) is 4.72. The van der Waals surface area contributed by atoms with Crippen molar-refractivity contribution in [2.75, 3.05) is 0 Å². The molecule has 0 heterocycles. The van der Waals surface area contributed by atoms with Gasteiger partial charge in [-0.05, 0) is 5.53 Å². The summed E-state index contributed by atoms with van der Waals surface area (Å²) in [6.07, 6.45) is 0. The summed E-state index contributed by atoms with van der Waals surface area (Å²) in [6, 6.07) is 0. The van der Waals surface area contributed by atoms with E-state index in [2.05, 4.69) is 10.0 Å². The highest BCUT2D eigenvalue weighted by Gasteiger charge is 1.97. The molecule has 0 aromatic carbocycles. The molecule has 10 nitrogen and oxygen atoms in total. The Morgan fingerprint density at radius 1 is 1.73 bits per heavy atom. The molecule has 0 aromatic heterocycles. The maximum atomic E-state index is 9.56. The molecule has 0 aliphatic rings. The number of guanidine groups is 1. The van der Waals surface area contributed by atoms with Crippen LogP contribution in [0.2, 0.25) is 0 Å². The normalized spacial score (nSPS) is 10.0. The van der Waals surface area contributed by atoms with Gasteiger partial charge in [0.05, 0.1) is 10.1 Å². The van der Waals surface area contributed by atoms with E-state index in [4.69, 9.17) is 5.73 Å². The van der Waals surface area contributed by atoms with Gasteiger partial charge in [-0.15, -0.1) is 10.4 Å². The molecule has 0 spiro atoms. The summed E-state index contributed by atoms with van der Waals surface area (Å²) < 4.78 is 0. The predicted octanol–water partition coefficient (Wildman–Crippen LogP) is -1.80. The Labute approximate surface area is 59.4 Å². The van der Waals surface area contributed by atoms with Gasteiger partial charge in [0.1, 0.15) is 0 Å². The van der Waals surface area contributed by atoms with Crippen molar-refractivity contribution in [2.24, 2.45) is 16.2 Å². The second-order valence-electron chi connectivity index (χ2n) is 1.12. The molecule has 0 amide bonds. The minimum absolute atomic E-state index is 0.499. The fourth-order valence-electron chi connectivity index (χ4n) is 0.183. The number of rotatable bonds is 4. The molecule has 0 rings (SSSR count). The molecule has 0 unspecified atom stereocenters. The average molecular weight is 164 g/mol. The van der Waals surface area contributed by atoms with Crippen molar-refractivity contribution < 1.29 is 9.97 Å². The Morgan fingerprint density at radius 2 is 2.36 bits per heavy atom. The van der Waals surface area contributed by atoms with Crippen molar-refractivity contribution in [1.29, 1.82) is 0 Å². The van der Waals surface area contributed by atoms with Crippen molar-refractivity contribution in [3.8, 4) is 0 Å². The third kappa shape index (κ3) is 5.75. The second-order valence-corrected chi connectivity index (χ2v) is 1.12. The van der Waals surface area contributed by atoms with Crippen LogP contribution in [0.4, 0.5) is 0 Å². The van der Waals surface area contributed by atoms with E-state index >= 15 is 0 Å². The van der Waals surface area contributed by atoms with E-state index in [1.807, 2.05) is 5.34 Å². The van der Waals surface area contributed by atoms with Crippen LogP contribution in [0.5, 0.6) is 0 Å². The van der Waals surface area contributed by atoms with Crippen LogP contribution in [0.1, 0.15) is 0 Å². The van der Waals surface area contributed by atoms with E-state index in [-0.39, 0.29) is 0 Å². The molecule has 0 aromatic rings. The molecule has 0 aliphatic carbocycles. The van der Waals surface area contributed by atoms with Crippen LogP contribution in [0, 0.1) is 15.0 Å². The highest BCUT2D eigenvalue weighted by atomic mass is 16.8. The quantitative estimate of drug-likeness (QED) is 0.146. The number of nitrogens with one attached hydrogen (secondary N) is 2. The number of nitrogens with zero attached hydrogens (tertiary/aromatic N) is 3. The highest BCUT2D eigenvalue weighted by Crippen LogP contribution is 1.65. The molecular weight excluding hydrogens is 160 g/mol. The topological polar surface area (TPSA) is 144 Å². The summed E-state index contributed by atoms with van der Waals surface area (Å²) in [6.45, 7) is 0. The number of hydrazone groups is 1. The van der Waals surface area contributed by atoms with Crippen molar-refractivity contribution in [1.82, 2.24) is 11.0 Å². The van der Waals surface area contributed by atoms with E-state index in [9.17, 15) is 15.0 Å².